The van der Waals surface area contributed by atoms with E-state index >= 15 is 0 Å². The summed E-state index contributed by atoms with van der Waals surface area (Å²) in [5, 5.41) is 5.33. The average molecular weight is 371 g/mol. The highest BCUT2D eigenvalue weighted by Gasteiger charge is 2.18. The fourth-order valence-corrected chi connectivity index (χ4v) is 2.43. The van der Waals surface area contributed by atoms with Crippen LogP contribution in [0.1, 0.15) is 12.5 Å². The molecule has 2 aromatic rings. The highest BCUT2D eigenvalue weighted by atomic mass is 16.6. The maximum Gasteiger partial charge on any atom is 0.419 e. The van der Waals surface area contributed by atoms with Crippen LogP contribution in [0.4, 0.5) is 21.0 Å². The minimum absolute atomic E-state index is 0.317. The molecule has 0 atom stereocenters. The molecule has 7 heteroatoms. The Balaban J connectivity index is 2.13. The van der Waals surface area contributed by atoms with Crippen LogP contribution in [0, 0.1) is 6.92 Å². The van der Waals surface area contributed by atoms with Gasteiger partial charge in [-0.15, -0.1) is 0 Å². The van der Waals surface area contributed by atoms with Gasteiger partial charge < -0.3 is 20.1 Å². The first-order valence-electron chi connectivity index (χ1n) is 8.73. The first kappa shape index (κ1) is 20.3. The Bertz CT molecular complexity index is 779. The van der Waals surface area contributed by atoms with Crippen molar-refractivity contribution in [1.82, 2.24) is 5.32 Å². The van der Waals surface area contributed by atoms with Gasteiger partial charge >= 0.3 is 12.1 Å². The molecule has 0 saturated carbocycles. The maximum absolute atomic E-state index is 12.7. The van der Waals surface area contributed by atoms with E-state index in [1.54, 1.807) is 31.4 Å². The molecular weight excluding hydrogens is 346 g/mol. The minimum atomic E-state index is -0.521. The zero-order valence-electron chi connectivity index (χ0n) is 15.8. The molecule has 0 aliphatic rings. The second-order valence-corrected chi connectivity index (χ2v) is 5.86. The normalized spacial score (nSPS) is 10.2. The maximum atomic E-state index is 12.7. The predicted molar refractivity (Wildman–Crippen MR) is 106 cm³/mol. The number of hydrogen-bond acceptors (Lipinski definition) is 4. The van der Waals surface area contributed by atoms with Crippen molar-refractivity contribution in [2.75, 3.05) is 37.0 Å². The molecule has 0 aromatic heterocycles. The molecule has 2 aromatic carbocycles. The van der Waals surface area contributed by atoms with E-state index in [4.69, 9.17) is 9.47 Å². The van der Waals surface area contributed by atoms with Crippen molar-refractivity contribution in [1.29, 1.82) is 0 Å². The van der Waals surface area contributed by atoms with Crippen molar-refractivity contribution in [3.05, 3.63) is 54.1 Å². The van der Waals surface area contributed by atoms with E-state index in [1.807, 2.05) is 38.1 Å². The van der Waals surface area contributed by atoms with Crippen LogP contribution in [0.5, 0.6) is 5.75 Å². The van der Waals surface area contributed by atoms with E-state index in [9.17, 15) is 9.59 Å². The van der Waals surface area contributed by atoms with Gasteiger partial charge in [-0.2, -0.15) is 0 Å². The number of rotatable bonds is 7. The summed E-state index contributed by atoms with van der Waals surface area (Å²) < 4.78 is 10.6. The molecule has 7 nitrogen and oxygen atoms in total. The van der Waals surface area contributed by atoms with Crippen LogP contribution < -0.4 is 20.3 Å². The van der Waals surface area contributed by atoms with Gasteiger partial charge in [-0.1, -0.05) is 18.2 Å². The lowest BCUT2D eigenvalue weighted by molar-refractivity contribution is 0.189. The molecule has 0 unspecified atom stereocenters. The summed E-state index contributed by atoms with van der Waals surface area (Å²) in [4.78, 5) is 25.9. The standard InChI is InChI=1S/C20H25N3O4/c1-4-21-19(24)22-16-8-6-10-18(14-16)27-20(25)23(11-12-26-3)17-9-5-7-15(2)13-17/h5-10,13-14H,4,11-12H2,1-3H3,(H2,21,22,24). The summed E-state index contributed by atoms with van der Waals surface area (Å²) in [6.07, 6.45) is -0.521. The molecule has 0 heterocycles. The van der Waals surface area contributed by atoms with E-state index in [1.165, 1.54) is 4.90 Å². The van der Waals surface area contributed by atoms with Gasteiger partial charge in [0.2, 0.25) is 0 Å². The summed E-state index contributed by atoms with van der Waals surface area (Å²) in [6, 6.07) is 14.0. The van der Waals surface area contributed by atoms with Gasteiger partial charge in [0, 0.05) is 31.1 Å². The first-order chi connectivity index (χ1) is 13.0. The summed E-state index contributed by atoms with van der Waals surface area (Å²) >= 11 is 0. The molecule has 144 valence electrons. The quantitative estimate of drug-likeness (QED) is 0.776. The van der Waals surface area contributed by atoms with Crippen molar-refractivity contribution in [2.24, 2.45) is 0 Å². The van der Waals surface area contributed by atoms with Gasteiger partial charge in [0.15, 0.2) is 0 Å². The number of nitrogens with zero attached hydrogens (tertiary/aromatic N) is 1. The van der Waals surface area contributed by atoms with Gasteiger partial charge in [-0.05, 0) is 43.7 Å². The lowest BCUT2D eigenvalue weighted by Gasteiger charge is -2.22. The number of anilines is 2. The number of ether oxygens (including phenoxy) is 2. The van der Waals surface area contributed by atoms with Crippen LogP contribution in [0.15, 0.2) is 48.5 Å². The number of amides is 3. The van der Waals surface area contributed by atoms with Crippen LogP contribution in [-0.2, 0) is 4.74 Å². The Morgan fingerprint density at radius 3 is 2.59 bits per heavy atom. The van der Waals surface area contributed by atoms with Crippen LogP contribution in [0.2, 0.25) is 0 Å². The van der Waals surface area contributed by atoms with Crippen molar-refractivity contribution < 1.29 is 19.1 Å². The summed E-state index contributed by atoms with van der Waals surface area (Å²) in [5.41, 5.74) is 2.30. The van der Waals surface area contributed by atoms with E-state index in [0.717, 1.165) is 11.3 Å². The number of hydrogen-bond donors (Lipinski definition) is 2. The Morgan fingerprint density at radius 2 is 1.89 bits per heavy atom. The Hall–Kier alpha value is -3.06. The van der Waals surface area contributed by atoms with Crippen molar-refractivity contribution in [3.8, 4) is 5.75 Å². The summed E-state index contributed by atoms with van der Waals surface area (Å²) in [5.74, 6) is 0.337. The SMILES string of the molecule is CCNC(=O)Nc1cccc(OC(=O)N(CCOC)c2cccc(C)c2)c1. The molecule has 0 saturated heterocycles. The van der Waals surface area contributed by atoms with Crippen LogP contribution in [0.3, 0.4) is 0 Å². The molecule has 0 aliphatic heterocycles. The van der Waals surface area contributed by atoms with Gasteiger partial charge in [0.25, 0.3) is 0 Å². The molecule has 27 heavy (non-hydrogen) atoms. The third-order valence-corrected chi connectivity index (χ3v) is 3.69. The molecule has 2 N–H and O–H groups in total. The topological polar surface area (TPSA) is 79.9 Å². The Morgan fingerprint density at radius 1 is 1.11 bits per heavy atom. The largest absolute Gasteiger partial charge is 0.419 e. The third kappa shape index (κ3) is 6.31. The number of carbonyl (C=O) groups excluding carboxylic acids is 2. The molecule has 0 spiro atoms. The fourth-order valence-electron chi connectivity index (χ4n) is 2.43. The van der Waals surface area contributed by atoms with Crippen LogP contribution in [0.25, 0.3) is 0 Å². The van der Waals surface area contributed by atoms with Gasteiger partial charge in [0.1, 0.15) is 5.75 Å². The molecule has 0 aliphatic carbocycles. The van der Waals surface area contributed by atoms with Crippen molar-refractivity contribution in [2.45, 2.75) is 13.8 Å². The first-order valence-corrected chi connectivity index (χ1v) is 8.73. The van der Waals surface area contributed by atoms with Gasteiger partial charge in [0.05, 0.1) is 13.2 Å². The monoisotopic (exact) mass is 371 g/mol. The molecule has 2 rings (SSSR count). The number of aryl methyl sites for hydroxylation is 1. The van der Waals surface area contributed by atoms with Crippen molar-refractivity contribution >= 4 is 23.5 Å². The predicted octanol–water partition coefficient (Wildman–Crippen LogP) is 3.79. The zero-order chi connectivity index (χ0) is 19.6. The highest BCUT2D eigenvalue weighted by molar-refractivity contribution is 5.91. The van der Waals surface area contributed by atoms with E-state index in [2.05, 4.69) is 10.6 Å². The number of nitrogens with one attached hydrogen (secondary N) is 2. The lowest BCUT2D eigenvalue weighted by atomic mass is 10.2. The second kappa shape index (κ2) is 10.2. The van der Waals surface area contributed by atoms with E-state index in [-0.39, 0.29) is 6.03 Å². The fraction of sp³-hybridized carbons (Fsp3) is 0.300. The highest BCUT2D eigenvalue weighted by Crippen LogP contribution is 2.21. The number of methoxy groups -OCH3 is 1. The van der Waals surface area contributed by atoms with Crippen LogP contribution in [-0.4, -0.2) is 38.9 Å². The number of carbonyl (C=O) groups is 2. The van der Waals surface area contributed by atoms with Crippen LogP contribution >= 0.6 is 0 Å². The third-order valence-electron chi connectivity index (χ3n) is 3.69. The molecular formula is C20H25N3O4. The zero-order valence-corrected chi connectivity index (χ0v) is 15.8. The van der Waals surface area contributed by atoms with Gasteiger partial charge in [-0.3, -0.25) is 4.90 Å². The molecule has 0 bridgehead atoms. The molecule has 0 fully saturated rings. The smallest absolute Gasteiger partial charge is 0.410 e. The Labute approximate surface area is 159 Å². The summed E-state index contributed by atoms with van der Waals surface area (Å²) in [6.45, 7) is 5.04. The summed E-state index contributed by atoms with van der Waals surface area (Å²) in [7, 11) is 1.58. The minimum Gasteiger partial charge on any atom is -0.410 e. The number of urea groups is 1. The average Bonchev–Trinajstić information content (AvgIpc) is 2.62. The van der Waals surface area contributed by atoms with Crippen molar-refractivity contribution in [3.63, 3.8) is 0 Å². The number of benzene rings is 2. The van der Waals surface area contributed by atoms with E-state index < -0.39 is 6.09 Å². The molecule has 0 radical (unpaired) electrons. The van der Waals surface area contributed by atoms with E-state index in [0.29, 0.717) is 31.1 Å². The van der Waals surface area contributed by atoms with Gasteiger partial charge in [-0.25, -0.2) is 9.59 Å². The Kier molecular flexibility index (Phi) is 7.63. The second-order valence-electron chi connectivity index (χ2n) is 5.86. The molecule has 3 amide bonds. The lowest BCUT2D eigenvalue weighted by Crippen LogP contribution is -2.36.